The molecule has 7 nitrogen and oxygen atoms in total. The van der Waals surface area contributed by atoms with E-state index in [0.29, 0.717) is 19.6 Å². The molecule has 2 aromatic carbocycles. The number of aromatic nitrogens is 1. The lowest BCUT2D eigenvalue weighted by atomic mass is 9.92. The summed E-state index contributed by atoms with van der Waals surface area (Å²) in [5.74, 6) is 0.0711. The van der Waals surface area contributed by atoms with E-state index in [1.807, 2.05) is 18.2 Å². The topological polar surface area (TPSA) is 83.7 Å². The number of fused-ring (bicyclic) bond motifs is 3. The van der Waals surface area contributed by atoms with Crippen molar-refractivity contribution in [1.29, 1.82) is 0 Å². The van der Waals surface area contributed by atoms with Crippen molar-refractivity contribution >= 4 is 22.9 Å². The predicted molar refractivity (Wildman–Crippen MR) is 118 cm³/mol. The van der Waals surface area contributed by atoms with Crippen LogP contribution < -0.4 is 10.1 Å². The molecule has 2 N–H and O–H groups in total. The summed E-state index contributed by atoms with van der Waals surface area (Å²) in [4.78, 5) is 29.8. The maximum absolute atomic E-state index is 13.6. The molecule has 0 spiro atoms. The van der Waals surface area contributed by atoms with Crippen LogP contribution in [-0.4, -0.2) is 48.7 Å². The summed E-state index contributed by atoms with van der Waals surface area (Å²) in [5.41, 5.74) is 3.76. The van der Waals surface area contributed by atoms with Crippen molar-refractivity contribution in [2.75, 3.05) is 26.8 Å². The van der Waals surface area contributed by atoms with Crippen molar-refractivity contribution in [3.63, 3.8) is 0 Å². The summed E-state index contributed by atoms with van der Waals surface area (Å²) in [6.07, 6.45) is 0.761. The second kappa shape index (κ2) is 9.30. The number of amides is 2. The molecular weight excluding hydrogens is 413 g/mol. The van der Waals surface area contributed by atoms with Crippen LogP contribution in [0.2, 0.25) is 0 Å². The molecule has 0 aliphatic carbocycles. The number of hydrogen-bond donors (Lipinski definition) is 2. The molecular formula is C24H26FN3O4. The fourth-order valence-electron chi connectivity index (χ4n) is 4.21. The van der Waals surface area contributed by atoms with E-state index >= 15 is 0 Å². The van der Waals surface area contributed by atoms with Gasteiger partial charge in [0.1, 0.15) is 11.6 Å². The Labute approximate surface area is 185 Å². The number of benzene rings is 2. The Hall–Kier alpha value is -3.55. The zero-order valence-electron chi connectivity index (χ0n) is 18.1. The number of rotatable bonds is 6. The van der Waals surface area contributed by atoms with Crippen molar-refractivity contribution in [1.82, 2.24) is 15.2 Å². The summed E-state index contributed by atoms with van der Waals surface area (Å²) in [6, 6.07) is 11.3. The van der Waals surface area contributed by atoms with Gasteiger partial charge in [-0.3, -0.25) is 4.79 Å². The van der Waals surface area contributed by atoms with E-state index in [1.165, 1.54) is 12.1 Å². The third kappa shape index (κ3) is 4.26. The van der Waals surface area contributed by atoms with Crippen molar-refractivity contribution in [2.24, 2.45) is 0 Å². The van der Waals surface area contributed by atoms with Crippen LogP contribution in [0, 0.1) is 5.82 Å². The van der Waals surface area contributed by atoms with Crippen LogP contribution in [0.25, 0.3) is 10.9 Å². The number of carbonyl (C=O) groups excluding carboxylic acids is 2. The van der Waals surface area contributed by atoms with Gasteiger partial charge in [-0.05, 0) is 54.8 Å². The Morgan fingerprint density at radius 3 is 2.72 bits per heavy atom. The SMILES string of the molecule is CCOC(=O)CCNC(=O)N1CCc2c([nH]c3ccc(OC)cc23)C1c1ccc(F)cc1. The fraction of sp³-hybridized carbons (Fsp3) is 0.333. The van der Waals surface area contributed by atoms with Crippen LogP contribution in [0.1, 0.15) is 36.2 Å². The summed E-state index contributed by atoms with van der Waals surface area (Å²) in [5, 5.41) is 3.86. The van der Waals surface area contributed by atoms with Gasteiger partial charge in [0, 0.05) is 29.7 Å². The smallest absolute Gasteiger partial charge is 0.318 e. The lowest BCUT2D eigenvalue weighted by molar-refractivity contribution is -0.142. The van der Waals surface area contributed by atoms with Gasteiger partial charge in [-0.25, -0.2) is 9.18 Å². The maximum atomic E-state index is 13.6. The Morgan fingerprint density at radius 2 is 2.00 bits per heavy atom. The van der Waals surface area contributed by atoms with Crippen LogP contribution in [0.15, 0.2) is 42.5 Å². The minimum Gasteiger partial charge on any atom is -0.497 e. The normalized spacial score (nSPS) is 15.3. The van der Waals surface area contributed by atoms with Gasteiger partial charge >= 0.3 is 12.0 Å². The zero-order chi connectivity index (χ0) is 22.7. The van der Waals surface area contributed by atoms with E-state index in [1.54, 1.807) is 31.1 Å². The number of nitrogens with one attached hydrogen (secondary N) is 2. The molecule has 1 aliphatic heterocycles. The molecule has 0 radical (unpaired) electrons. The second-order valence-corrected chi connectivity index (χ2v) is 7.61. The molecule has 0 fully saturated rings. The lowest BCUT2D eigenvalue weighted by Gasteiger charge is -2.36. The fourth-order valence-corrected chi connectivity index (χ4v) is 4.21. The van der Waals surface area contributed by atoms with Crippen LogP contribution in [-0.2, 0) is 16.0 Å². The Morgan fingerprint density at radius 1 is 1.22 bits per heavy atom. The van der Waals surface area contributed by atoms with Gasteiger partial charge in [0.05, 0.1) is 26.2 Å². The Bertz CT molecular complexity index is 1130. The molecule has 0 saturated heterocycles. The highest BCUT2D eigenvalue weighted by Crippen LogP contribution is 2.39. The minimum absolute atomic E-state index is 0.103. The third-order valence-electron chi connectivity index (χ3n) is 5.69. The highest BCUT2D eigenvalue weighted by molar-refractivity contribution is 5.87. The average molecular weight is 439 g/mol. The van der Waals surface area contributed by atoms with Crippen LogP contribution in [0.3, 0.4) is 0 Å². The molecule has 1 aliphatic rings. The first-order chi connectivity index (χ1) is 15.5. The number of urea groups is 1. The van der Waals surface area contributed by atoms with Crippen LogP contribution >= 0.6 is 0 Å². The second-order valence-electron chi connectivity index (χ2n) is 7.61. The quantitative estimate of drug-likeness (QED) is 0.570. The molecule has 1 atom stereocenters. The molecule has 168 valence electrons. The van der Waals surface area contributed by atoms with Gasteiger partial charge in [-0.2, -0.15) is 0 Å². The molecule has 0 saturated carbocycles. The van der Waals surface area contributed by atoms with E-state index in [9.17, 15) is 14.0 Å². The zero-order valence-corrected chi connectivity index (χ0v) is 18.1. The van der Waals surface area contributed by atoms with Crippen LogP contribution in [0.5, 0.6) is 5.75 Å². The van der Waals surface area contributed by atoms with Gasteiger partial charge in [-0.15, -0.1) is 0 Å². The molecule has 1 aromatic heterocycles. The van der Waals surface area contributed by atoms with Gasteiger partial charge < -0.3 is 24.7 Å². The lowest BCUT2D eigenvalue weighted by Crippen LogP contribution is -2.46. The van der Waals surface area contributed by atoms with E-state index in [0.717, 1.165) is 33.5 Å². The number of methoxy groups -OCH3 is 1. The molecule has 4 rings (SSSR count). The van der Waals surface area contributed by atoms with Crippen molar-refractivity contribution in [3.8, 4) is 5.75 Å². The van der Waals surface area contributed by atoms with Crippen LogP contribution in [0.4, 0.5) is 9.18 Å². The average Bonchev–Trinajstić information content (AvgIpc) is 3.17. The van der Waals surface area contributed by atoms with Gasteiger partial charge in [0.15, 0.2) is 0 Å². The van der Waals surface area contributed by atoms with E-state index in [4.69, 9.17) is 9.47 Å². The van der Waals surface area contributed by atoms with E-state index < -0.39 is 6.04 Å². The van der Waals surface area contributed by atoms with Crippen molar-refractivity contribution < 1.29 is 23.5 Å². The molecule has 32 heavy (non-hydrogen) atoms. The number of hydrogen-bond acceptors (Lipinski definition) is 4. The number of ether oxygens (including phenoxy) is 2. The predicted octanol–water partition coefficient (Wildman–Crippen LogP) is 3.93. The standard InChI is InChI=1S/C24H26FN3O4/c1-3-32-21(29)10-12-26-24(30)28-13-11-18-19-14-17(31-2)8-9-20(19)27-22(18)23(28)15-4-6-16(25)7-5-15/h4-9,14,23,27H,3,10-13H2,1-2H3,(H,26,30). The molecule has 3 aromatic rings. The summed E-state index contributed by atoms with van der Waals surface area (Å²) in [6.45, 7) is 2.70. The third-order valence-corrected chi connectivity index (χ3v) is 5.69. The van der Waals surface area contributed by atoms with E-state index in [-0.39, 0.29) is 30.8 Å². The number of carbonyl (C=O) groups is 2. The first-order valence-corrected chi connectivity index (χ1v) is 10.7. The molecule has 0 bridgehead atoms. The number of H-pyrrole nitrogens is 1. The number of halogens is 1. The molecule has 2 heterocycles. The Kier molecular flexibility index (Phi) is 6.30. The van der Waals surface area contributed by atoms with Gasteiger partial charge in [-0.1, -0.05) is 12.1 Å². The van der Waals surface area contributed by atoms with Crippen molar-refractivity contribution in [2.45, 2.75) is 25.8 Å². The van der Waals surface area contributed by atoms with Crippen molar-refractivity contribution in [3.05, 3.63) is 65.1 Å². The minimum atomic E-state index is -0.416. The largest absolute Gasteiger partial charge is 0.497 e. The summed E-state index contributed by atoms with van der Waals surface area (Å²) < 4.78 is 23.9. The number of aromatic amines is 1. The van der Waals surface area contributed by atoms with Gasteiger partial charge in [0.2, 0.25) is 0 Å². The first-order valence-electron chi connectivity index (χ1n) is 10.7. The maximum Gasteiger partial charge on any atom is 0.318 e. The monoisotopic (exact) mass is 439 g/mol. The molecule has 8 heteroatoms. The Balaban J connectivity index is 1.66. The summed E-state index contributed by atoms with van der Waals surface area (Å²) >= 11 is 0. The number of esters is 1. The van der Waals surface area contributed by atoms with Gasteiger partial charge in [0.25, 0.3) is 0 Å². The summed E-state index contributed by atoms with van der Waals surface area (Å²) in [7, 11) is 1.63. The van der Waals surface area contributed by atoms with E-state index in [2.05, 4.69) is 10.3 Å². The highest BCUT2D eigenvalue weighted by atomic mass is 19.1. The molecule has 1 unspecified atom stereocenters. The first kappa shape index (κ1) is 21.7. The number of nitrogens with zero attached hydrogens (tertiary/aromatic N) is 1. The molecule has 2 amide bonds. The highest BCUT2D eigenvalue weighted by Gasteiger charge is 2.34.